The molecule has 0 bridgehead atoms. The summed E-state index contributed by atoms with van der Waals surface area (Å²) in [6, 6.07) is 6.37. The average Bonchev–Trinajstić information content (AvgIpc) is 2.43. The lowest BCUT2D eigenvalue weighted by molar-refractivity contribution is 0.208. The van der Waals surface area contributed by atoms with Gasteiger partial charge in [-0.2, -0.15) is 0 Å². The number of ether oxygens (including phenoxy) is 1. The third kappa shape index (κ3) is 4.71. The van der Waals surface area contributed by atoms with Crippen molar-refractivity contribution in [2.24, 2.45) is 11.7 Å². The number of benzene rings is 1. The smallest absolute Gasteiger partial charge is 0.120 e. The van der Waals surface area contributed by atoms with E-state index in [9.17, 15) is 0 Å². The minimum absolute atomic E-state index is 0.576. The molecule has 1 fully saturated rings. The van der Waals surface area contributed by atoms with Crippen molar-refractivity contribution >= 4 is 6.08 Å². The van der Waals surface area contributed by atoms with Crippen molar-refractivity contribution in [1.29, 1.82) is 0 Å². The van der Waals surface area contributed by atoms with Crippen LogP contribution in [0.1, 0.15) is 43.2 Å². The molecule has 0 amide bonds. The van der Waals surface area contributed by atoms with Crippen LogP contribution in [0.5, 0.6) is 5.75 Å². The van der Waals surface area contributed by atoms with Crippen LogP contribution in [-0.4, -0.2) is 13.2 Å². The minimum atomic E-state index is 0.576. The van der Waals surface area contributed by atoms with Gasteiger partial charge in [-0.1, -0.05) is 37.5 Å². The van der Waals surface area contributed by atoms with Crippen LogP contribution < -0.4 is 10.5 Å². The molecular weight excluding hydrogens is 234 g/mol. The van der Waals surface area contributed by atoms with Crippen molar-refractivity contribution in [2.75, 3.05) is 13.2 Å². The van der Waals surface area contributed by atoms with Gasteiger partial charge in [0.25, 0.3) is 0 Å². The number of aryl methyl sites for hydroxylation is 1. The molecule has 0 radical (unpaired) electrons. The second-order valence-electron chi connectivity index (χ2n) is 5.53. The molecule has 0 aromatic heterocycles. The van der Waals surface area contributed by atoms with Gasteiger partial charge in [0.05, 0.1) is 6.61 Å². The van der Waals surface area contributed by atoms with Gasteiger partial charge in [0.1, 0.15) is 5.75 Å². The molecule has 2 N–H and O–H groups in total. The molecule has 1 aromatic carbocycles. The summed E-state index contributed by atoms with van der Waals surface area (Å²) in [5.41, 5.74) is 7.90. The number of hydrogen-bond acceptors (Lipinski definition) is 2. The molecule has 0 saturated heterocycles. The Morgan fingerprint density at radius 2 is 2.00 bits per heavy atom. The molecule has 2 nitrogen and oxygen atoms in total. The molecule has 2 heteroatoms. The topological polar surface area (TPSA) is 35.2 Å². The summed E-state index contributed by atoms with van der Waals surface area (Å²) in [6.07, 6.45) is 10.8. The van der Waals surface area contributed by atoms with Gasteiger partial charge in [-0.25, -0.2) is 0 Å². The Labute approximate surface area is 116 Å². The fraction of sp³-hybridized carbons (Fsp3) is 0.529. The van der Waals surface area contributed by atoms with E-state index < -0.39 is 0 Å². The Hall–Kier alpha value is -1.28. The zero-order valence-electron chi connectivity index (χ0n) is 11.9. The molecule has 0 spiro atoms. The van der Waals surface area contributed by atoms with Crippen molar-refractivity contribution in [3.8, 4) is 5.75 Å². The number of rotatable bonds is 5. The van der Waals surface area contributed by atoms with Crippen LogP contribution in [0.25, 0.3) is 6.08 Å². The first-order valence-corrected chi connectivity index (χ1v) is 7.39. The lowest BCUT2D eigenvalue weighted by Gasteiger charge is -2.21. The first-order valence-electron chi connectivity index (χ1n) is 7.39. The summed E-state index contributed by atoms with van der Waals surface area (Å²) in [4.78, 5) is 0. The van der Waals surface area contributed by atoms with Crippen LogP contribution in [-0.2, 0) is 0 Å². The van der Waals surface area contributed by atoms with Crippen molar-refractivity contribution < 1.29 is 4.74 Å². The van der Waals surface area contributed by atoms with Crippen LogP contribution >= 0.6 is 0 Å². The molecule has 0 atom stereocenters. The normalized spacial score (nSPS) is 16.9. The third-order valence-corrected chi connectivity index (χ3v) is 3.73. The van der Waals surface area contributed by atoms with Crippen LogP contribution in [0.4, 0.5) is 0 Å². The maximum absolute atomic E-state index is 5.98. The minimum Gasteiger partial charge on any atom is -0.493 e. The summed E-state index contributed by atoms with van der Waals surface area (Å²) < 4.78 is 5.98. The Bertz CT molecular complexity index is 419. The summed E-state index contributed by atoms with van der Waals surface area (Å²) in [6.45, 7) is 3.54. The van der Waals surface area contributed by atoms with E-state index in [0.717, 1.165) is 18.3 Å². The average molecular weight is 259 g/mol. The largest absolute Gasteiger partial charge is 0.493 e. The van der Waals surface area contributed by atoms with Crippen LogP contribution in [0, 0.1) is 12.8 Å². The van der Waals surface area contributed by atoms with E-state index in [4.69, 9.17) is 10.5 Å². The molecule has 0 aliphatic heterocycles. The van der Waals surface area contributed by atoms with Crippen LogP contribution in [0.15, 0.2) is 24.3 Å². The van der Waals surface area contributed by atoms with E-state index in [1.165, 1.54) is 43.2 Å². The van der Waals surface area contributed by atoms with Gasteiger partial charge in [0.2, 0.25) is 0 Å². The molecule has 19 heavy (non-hydrogen) atoms. The van der Waals surface area contributed by atoms with Gasteiger partial charge >= 0.3 is 0 Å². The zero-order valence-corrected chi connectivity index (χ0v) is 11.9. The SMILES string of the molecule is Cc1cc(/C=C/CN)cc(OCC2CCCCC2)c1. The third-order valence-electron chi connectivity index (χ3n) is 3.73. The van der Waals surface area contributed by atoms with E-state index in [1.54, 1.807) is 0 Å². The highest BCUT2D eigenvalue weighted by atomic mass is 16.5. The number of nitrogens with two attached hydrogens (primary N) is 1. The van der Waals surface area contributed by atoms with Crippen LogP contribution in [0.2, 0.25) is 0 Å². The van der Waals surface area contributed by atoms with E-state index in [0.29, 0.717) is 6.54 Å². The van der Waals surface area contributed by atoms with Gasteiger partial charge in [0.15, 0.2) is 0 Å². The Kier molecular flexibility index (Phi) is 5.46. The molecule has 0 unspecified atom stereocenters. The van der Waals surface area contributed by atoms with Gasteiger partial charge < -0.3 is 10.5 Å². The van der Waals surface area contributed by atoms with Gasteiger partial charge in [0, 0.05) is 6.54 Å². The summed E-state index contributed by atoms with van der Waals surface area (Å²) in [5, 5.41) is 0. The highest BCUT2D eigenvalue weighted by Gasteiger charge is 2.13. The molecule has 1 aliphatic rings. The van der Waals surface area contributed by atoms with E-state index in [1.807, 2.05) is 6.08 Å². The summed E-state index contributed by atoms with van der Waals surface area (Å²) in [7, 11) is 0. The first kappa shape index (κ1) is 14.1. The Morgan fingerprint density at radius 1 is 1.21 bits per heavy atom. The summed E-state index contributed by atoms with van der Waals surface area (Å²) in [5.74, 6) is 1.74. The van der Waals surface area contributed by atoms with E-state index in [2.05, 4.69) is 31.2 Å². The zero-order chi connectivity index (χ0) is 13.5. The highest BCUT2D eigenvalue weighted by Crippen LogP contribution is 2.25. The molecule has 1 aliphatic carbocycles. The van der Waals surface area contributed by atoms with E-state index >= 15 is 0 Å². The van der Waals surface area contributed by atoms with Crippen molar-refractivity contribution in [3.63, 3.8) is 0 Å². The molecule has 1 saturated carbocycles. The van der Waals surface area contributed by atoms with Crippen LogP contribution in [0.3, 0.4) is 0 Å². The molecule has 2 rings (SSSR count). The first-order chi connectivity index (χ1) is 9.28. The summed E-state index contributed by atoms with van der Waals surface area (Å²) >= 11 is 0. The maximum Gasteiger partial charge on any atom is 0.120 e. The predicted octanol–water partition coefficient (Wildman–Crippen LogP) is 3.93. The van der Waals surface area contributed by atoms with Crippen molar-refractivity contribution in [2.45, 2.75) is 39.0 Å². The predicted molar refractivity (Wildman–Crippen MR) is 81.3 cm³/mol. The fourth-order valence-corrected chi connectivity index (χ4v) is 2.73. The Balaban J connectivity index is 1.95. The van der Waals surface area contributed by atoms with E-state index in [-0.39, 0.29) is 0 Å². The second kappa shape index (κ2) is 7.34. The fourth-order valence-electron chi connectivity index (χ4n) is 2.73. The monoisotopic (exact) mass is 259 g/mol. The molecule has 1 aromatic rings. The standard InChI is InChI=1S/C17H25NO/c1-14-10-16(8-5-9-18)12-17(11-14)19-13-15-6-3-2-4-7-15/h5,8,10-12,15H,2-4,6-7,9,13,18H2,1H3/b8-5+. The molecule has 104 valence electrons. The quantitative estimate of drug-likeness (QED) is 0.869. The van der Waals surface area contributed by atoms with Crippen molar-refractivity contribution in [1.82, 2.24) is 0 Å². The molecular formula is C17H25NO. The van der Waals surface area contributed by atoms with Crippen molar-refractivity contribution in [3.05, 3.63) is 35.4 Å². The van der Waals surface area contributed by atoms with Gasteiger partial charge in [-0.15, -0.1) is 0 Å². The number of hydrogen-bond donors (Lipinski definition) is 1. The highest BCUT2D eigenvalue weighted by molar-refractivity contribution is 5.53. The Morgan fingerprint density at radius 3 is 2.74 bits per heavy atom. The lowest BCUT2D eigenvalue weighted by Crippen LogP contribution is -2.15. The maximum atomic E-state index is 5.98. The van der Waals surface area contributed by atoms with Gasteiger partial charge in [-0.05, 0) is 48.9 Å². The lowest BCUT2D eigenvalue weighted by atomic mass is 9.90. The van der Waals surface area contributed by atoms with Gasteiger partial charge in [-0.3, -0.25) is 0 Å². The second-order valence-corrected chi connectivity index (χ2v) is 5.53. The molecule has 0 heterocycles.